The minimum absolute atomic E-state index is 0. The van der Waals surface area contributed by atoms with Gasteiger partial charge < -0.3 is 39.7 Å². The monoisotopic (exact) mass is 1440 g/mol. The number of hydrogen-bond donors (Lipinski definition) is 2. The molecule has 0 spiro atoms. The number of fused-ring (bicyclic) bond motifs is 4. The summed E-state index contributed by atoms with van der Waals surface area (Å²) in [5.74, 6) is 2.30. The standard InChI is InChI=1S/C28H34N8O.C26H31N5O3.C25H26N4O3S.CH4/c1-6-14-35-26(37)22-19-29-27(30-20-10-12-21(13-11-20)34-17-15-33(5)16-18-34)32-25(22)36(35)24-9-7-8-23(31-24)28(2,3)4;1-29(2)11-4-12-34-24-8-6-19(16-28-24)18-5-7-22-21(15-18)25-23(17-27-22)30(3)26(32)31(25)20-9-13-33-14-10-20;1-4-5-17-6-8-18(9-7-17)21-14-23(32-29-21)24-25(26)27-15-22(28-24)19-10-12-20(13-11-19)33(30,31)16(2)3;/h6-13,19H,1,14-18H2,2-5H3,(H,29,30,32);5-8,15-17,20H,4,9-14H2,1-3H3;6-16H,4-5H2,1-3H3,(H2,26,27);1H4. The van der Waals surface area contributed by atoms with E-state index in [2.05, 4.69) is 142 Å². The summed E-state index contributed by atoms with van der Waals surface area (Å²) in [6.45, 7) is 23.1. The van der Waals surface area contributed by atoms with E-state index in [1.165, 1.54) is 11.3 Å². The highest BCUT2D eigenvalue weighted by atomic mass is 32.2. The second kappa shape index (κ2) is 32.9. The largest absolute Gasteiger partial charge is 0.478 e. The number of allylic oxidation sites excluding steroid dienone is 1. The number of nitrogens with zero attached hydrogens (tertiary/aromatic N) is 15. The van der Waals surface area contributed by atoms with Gasteiger partial charge in [-0.05, 0) is 139 Å². The quantitative estimate of drug-likeness (QED) is 0.0530. The number of rotatable bonds is 20. The molecule has 2 fully saturated rings. The minimum Gasteiger partial charge on any atom is -0.478 e. The fraction of sp³-hybridized carbons (Fsp3) is 0.350. The van der Waals surface area contributed by atoms with Crippen LogP contribution in [0.4, 0.5) is 23.1 Å². The van der Waals surface area contributed by atoms with Crippen LogP contribution in [0.5, 0.6) is 5.88 Å². The zero-order chi connectivity index (χ0) is 73.4. The zero-order valence-electron chi connectivity index (χ0n) is 60.8. The van der Waals surface area contributed by atoms with E-state index < -0.39 is 15.1 Å². The number of benzene rings is 4. The normalized spacial score (nSPS) is 13.7. The molecule has 0 bridgehead atoms. The van der Waals surface area contributed by atoms with Crippen LogP contribution in [0.3, 0.4) is 0 Å². The van der Waals surface area contributed by atoms with Crippen LogP contribution in [0.1, 0.15) is 92.0 Å². The lowest BCUT2D eigenvalue weighted by Crippen LogP contribution is -2.44. The molecule has 4 aromatic carbocycles. The van der Waals surface area contributed by atoms with Crippen molar-refractivity contribution in [1.29, 1.82) is 0 Å². The highest BCUT2D eigenvalue weighted by molar-refractivity contribution is 7.92. The van der Waals surface area contributed by atoms with Gasteiger partial charge in [0.25, 0.3) is 5.56 Å². The van der Waals surface area contributed by atoms with Crippen molar-refractivity contribution in [2.75, 3.05) is 89.6 Å². The zero-order valence-corrected chi connectivity index (χ0v) is 61.6. The third-order valence-corrected chi connectivity index (χ3v) is 20.8. The second-order valence-corrected chi connectivity index (χ2v) is 30.3. The van der Waals surface area contributed by atoms with Crippen molar-refractivity contribution < 1.29 is 22.4 Å². The third kappa shape index (κ3) is 17.1. The lowest BCUT2D eigenvalue weighted by atomic mass is 9.92. The summed E-state index contributed by atoms with van der Waals surface area (Å²) in [5.41, 5.74) is 18.5. The van der Waals surface area contributed by atoms with Crippen LogP contribution in [-0.4, -0.2) is 156 Å². The average molecular weight is 1440 g/mol. The molecule has 25 heteroatoms. The fourth-order valence-electron chi connectivity index (χ4n) is 12.7. The number of likely N-dealkylation sites (N-methyl/N-ethyl adjacent to an activating group) is 1. The van der Waals surface area contributed by atoms with E-state index in [1.54, 1.807) is 82.8 Å². The van der Waals surface area contributed by atoms with Gasteiger partial charge in [-0.1, -0.05) is 101 Å². The summed E-state index contributed by atoms with van der Waals surface area (Å²) in [4.78, 5) is 65.6. The Balaban J connectivity index is 0.000000157. The molecular formula is C80H95N17O7S. The van der Waals surface area contributed by atoms with E-state index in [-0.39, 0.29) is 40.8 Å². The molecule has 548 valence electrons. The molecule has 0 radical (unpaired) electrons. The molecule has 2 aliphatic heterocycles. The van der Waals surface area contributed by atoms with Crippen LogP contribution in [-0.2, 0) is 40.0 Å². The number of aryl methyl sites for hydroxylation is 2. The minimum atomic E-state index is -3.34. The Morgan fingerprint density at radius 3 is 2.15 bits per heavy atom. The smallest absolute Gasteiger partial charge is 0.329 e. The van der Waals surface area contributed by atoms with Crippen molar-refractivity contribution >= 4 is 65.9 Å². The lowest BCUT2D eigenvalue weighted by Gasteiger charge is -2.34. The van der Waals surface area contributed by atoms with Crippen molar-refractivity contribution in [3.63, 3.8) is 0 Å². The number of anilines is 4. The van der Waals surface area contributed by atoms with E-state index in [0.717, 1.165) is 120 Å². The summed E-state index contributed by atoms with van der Waals surface area (Å²) in [6, 6.07) is 41.0. The Hall–Kier alpha value is -10.7. The molecule has 24 nitrogen and oxygen atoms in total. The summed E-state index contributed by atoms with van der Waals surface area (Å²) >= 11 is 0. The number of nitrogens with one attached hydrogen (secondary N) is 1. The first-order valence-corrected chi connectivity index (χ1v) is 36.8. The Labute approximate surface area is 613 Å². The molecule has 2 aliphatic rings. The van der Waals surface area contributed by atoms with Gasteiger partial charge in [0.2, 0.25) is 11.8 Å². The number of aromatic nitrogens is 12. The van der Waals surface area contributed by atoms with E-state index in [9.17, 15) is 18.0 Å². The molecule has 12 aromatic rings. The van der Waals surface area contributed by atoms with E-state index in [0.29, 0.717) is 77.9 Å². The molecule has 0 amide bonds. The van der Waals surface area contributed by atoms with Gasteiger partial charge >= 0.3 is 5.69 Å². The highest BCUT2D eigenvalue weighted by Gasteiger charge is 2.26. The highest BCUT2D eigenvalue weighted by Crippen LogP contribution is 2.35. The molecule has 0 aliphatic carbocycles. The predicted octanol–water partition coefficient (Wildman–Crippen LogP) is 13.4. The molecule has 14 rings (SSSR count). The number of imidazole rings is 1. The van der Waals surface area contributed by atoms with Gasteiger partial charge in [0.05, 0.1) is 57.9 Å². The number of piperazine rings is 1. The Morgan fingerprint density at radius 1 is 0.771 bits per heavy atom. The number of pyridine rings is 3. The summed E-state index contributed by atoms with van der Waals surface area (Å²) in [7, 11) is 4.74. The van der Waals surface area contributed by atoms with Gasteiger partial charge in [0, 0.05) is 128 Å². The van der Waals surface area contributed by atoms with Gasteiger partial charge in [-0.2, -0.15) is 4.98 Å². The van der Waals surface area contributed by atoms with E-state index in [1.807, 2.05) is 78.5 Å². The van der Waals surface area contributed by atoms with Crippen LogP contribution >= 0.6 is 0 Å². The first-order chi connectivity index (χ1) is 50.1. The van der Waals surface area contributed by atoms with Crippen molar-refractivity contribution in [2.24, 2.45) is 7.05 Å². The Morgan fingerprint density at radius 2 is 1.48 bits per heavy atom. The second-order valence-electron chi connectivity index (χ2n) is 27.8. The maximum atomic E-state index is 13.2. The first-order valence-electron chi connectivity index (χ1n) is 35.3. The van der Waals surface area contributed by atoms with Crippen molar-refractivity contribution in [3.8, 4) is 56.8 Å². The van der Waals surface area contributed by atoms with Gasteiger partial charge in [-0.3, -0.25) is 18.9 Å². The first kappa shape index (κ1) is 75.4. The molecule has 0 atom stereocenters. The number of nitrogens with two attached hydrogens (primary N) is 1. The predicted molar refractivity (Wildman–Crippen MR) is 419 cm³/mol. The van der Waals surface area contributed by atoms with Crippen LogP contribution in [0, 0.1) is 0 Å². The maximum absolute atomic E-state index is 13.2. The molecule has 3 N–H and O–H groups in total. The maximum Gasteiger partial charge on any atom is 0.329 e. The molecule has 105 heavy (non-hydrogen) atoms. The lowest BCUT2D eigenvalue weighted by molar-refractivity contribution is 0.0697. The van der Waals surface area contributed by atoms with Gasteiger partial charge in [0.15, 0.2) is 38.6 Å². The number of sulfone groups is 1. The van der Waals surface area contributed by atoms with Crippen molar-refractivity contribution in [3.05, 3.63) is 197 Å². The molecular weight excluding hydrogens is 1340 g/mol. The van der Waals surface area contributed by atoms with Gasteiger partial charge in [-0.25, -0.2) is 47.5 Å². The van der Waals surface area contributed by atoms with Crippen LogP contribution in [0.25, 0.3) is 83.9 Å². The number of nitrogen functional groups attached to an aromatic ring is 1. The molecule has 8 aromatic heterocycles. The van der Waals surface area contributed by atoms with Crippen LogP contribution < -0.4 is 31.9 Å². The van der Waals surface area contributed by atoms with Gasteiger partial charge in [0.1, 0.15) is 11.1 Å². The van der Waals surface area contributed by atoms with E-state index in [4.69, 9.17) is 29.7 Å². The summed E-state index contributed by atoms with van der Waals surface area (Å²) in [5, 5.41) is 8.38. The number of hydrogen-bond acceptors (Lipinski definition) is 20. The SMILES string of the molecule is C.C=CCn1c(=O)c2cnc(Nc3ccc(N4CCN(C)CC4)cc3)nc2n1-c1cccc(C(C)(C)C)n1.CCCc1ccc(-c2cc(-c3nc(-c4ccc(S(=O)(=O)C(C)C)cc4)cnc3N)on2)cc1.CN(C)CCCOc1ccc(-c2ccc3ncc4c(c3c2)n(C2CCOCC2)c(=O)n4C)cn1. The van der Waals surface area contributed by atoms with Crippen molar-refractivity contribution in [1.82, 2.24) is 68.3 Å². The Kier molecular flexibility index (Phi) is 23.7. The molecule has 0 unspecified atom stereocenters. The van der Waals surface area contributed by atoms with E-state index >= 15 is 0 Å². The van der Waals surface area contributed by atoms with Crippen LogP contribution in [0.15, 0.2) is 184 Å². The number of ether oxygens (including phenoxy) is 2. The average Bonchev–Trinajstić information content (AvgIpc) is 1.60. The summed E-state index contributed by atoms with van der Waals surface area (Å²) < 4.78 is 48.6. The fourth-order valence-corrected chi connectivity index (χ4v) is 13.7. The van der Waals surface area contributed by atoms with Crippen LogP contribution in [0.2, 0.25) is 0 Å². The molecule has 0 saturated carbocycles. The summed E-state index contributed by atoms with van der Waals surface area (Å²) in [6.07, 6.45) is 13.2. The topological polar surface area (TPSA) is 270 Å². The third-order valence-electron chi connectivity index (χ3n) is 18.7. The van der Waals surface area contributed by atoms with Crippen molar-refractivity contribution in [2.45, 2.75) is 109 Å². The Bertz CT molecular complexity index is 5220. The molecule has 10 heterocycles. The van der Waals surface area contributed by atoms with Gasteiger partial charge in [-0.15, -0.1) is 6.58 Å². The molecule has 2 saturated heterocycles.